The van der Waals surface area contributed by atoms with E-state index in [1.807, 2.05) is 6.92 Å². The largest absolute Gasteiger partial charge is 0.405 e. The van der Waals surface area contributed by atoms with Crippen molar-refractivity contribution in [3.05, 3.63) is 40.0 Å². The van der Waals surface area contributed by atoms with Gasteiger partial charge in [0.05, 0.1) is 11.4 Å². The van der Waals surface area contributed by atoms with Crippen LogP contribution in [0.3, 0.4) is 0 Å². The highest BCUT2D eigenvalue weighted by molar-refractivity contribution is 5.84. The number of nitrogens with one attached hydrogen (secondary N) is 2. The van der Waals surface area contributed by atoms with E-state index in [1.165, 1.54) is 6.07 Å². The maximum absolute atomic E-state index is 11.2. The lowest BCUT2D eigenvalue weighted by atomic mass is 10.1. The highest BCUT2D eigenvalue weighted by atomic mass is 16.4. The van der Waals surface area contributed by atoms with Gasteiger partial charge in [0.2, 0.25) is 5.88 Å². The Labute approximate surface area is 93.2 Å². The summed E-state index contributed by atoms with van der Waals surface area (Å²) in [6, 6.07) is 1.32. The summed E-state index contributed by atoms with van der Waals surface area (Å²) in [7, 11) is 1.66. The molecule has 0 unspecified atom stereocenters. The van der Waals surface area contributed by atoms with Crippen molar-refractivity contribution in [1.82, 2.24) is 5.32 Å². The molecule has 0 amide bonds. The zero-order valence-corrected chi connectivity index (χ0v) is 9.29. The molecule has 16 heavy (non-hydrogen) atoms. The second-order valence-electron chi connectivity index (χ2n) is 3.16. The molecular weight excluding hydrogens is 208 g/mol. The van der Waals surface area contributed by atoms with Crippen molar-refractivity contribution in [2.45, 2.75) is 13.3 Å². The molecule has 0 aromatic carbocycles. The van der Waals surface area contributed by atoms with Gasteiger partial charge >= 0.3 is 5.63 Å². The number of aldehydes is 1. The third-order valence-electron chi connectivity index (χ3n) is 2.15. The highest BCUT2D eigenvalue weighted by Gasteiger charge is 2.11. The summed E-state index contributed by atoms with van der Waals surface area (Å²) in [5, 5.41) is 5.46. The second-order valence-corrected chi connectivity index (χ2v) is 3.16. The third kappa shape index (κ3) is 2.50. The molecular formula is C11H14N2O3. The summed E-state index contributed by atoms with van der Waals surface area (Å²) in [6.45, 7) is 5.49. The normalized spacial score (nSPS) is 9.62. The van der Waals surface area contributed by atoms with E-state index < -0.39 is 5.63 Å². The minimum Gasteiger partial charge on any atom is -0.405 e. The second kappa shape index (κ2) is 5.16. The molecule has 0 saturated carbocycles. The van der Waals surface area contributed by atoms with Crippen LogP contribution in [0.5, 0.6) is 0 Å². The summed E-state index contributed by atoms with van der Waals surface area (Å²) in [4.78, 5) is 22.2. The minimum absolute atomic E-state index is 0.124. The molecule has 0 aliphatic heterocycles. The van der Waals surface area contributed by atoms with Crippen molar-refractivity contribution >= 4 is 12.2 Å². The van der Waals surface area contributed by atoms with Crippen LogP contribution in [0.25, 0.3) is 0 Å². The van der Waals surface area contributed by atoms with E-state index in [-0.39, 0.29) is 5.88 Å². The van der Waals surface area contributed by atoms with E-state index in [1.54, 1.807) is 7.05 Å². The first-order chi connectivity index (χ1) is 7.62. The molecule has 2 N–H and O–H groups in total. The smallest absolute Gasteiger partial charge is 0.337 e. The van der Waals surface area contributed by atoms with Gasteiger partial charge in [-0.25, -0.2) is 4.79 Å². The Morgan fingerprint density at radius 3 is 2.81 bits per heavy atom. The van der Waals surface area contributed by atoms with Gasteiger partial charge in [-0.3, -0.25) is 4.79 Å². The number of aryl methyl sites for hydroxylation is 1. The summed E-state index contributed by atoms with van der Waals surface area (Å²) < 4.78 is 4.92. The minimum atomic E-state index is -0.492. The van der Waals surface area contributed by atoms with Crippen molar-refractivity contribution < 1.29 is 9.21 Å². The van der Waals surface area contributed by atoms with Gasteiger partial charge in [-0.05, 0) is 12.0 Å². The average Bonchev–Trinajstić information content (AvgIpc) is 2.28. The Balaban J connectivity index is 3.25. The topological polar surface area (TPSA) is 71.3 Å². The molecule has 1 aromatic heterocycles. The predicted molar refractivity (Wildman–Crippen MR) is 61.6 cm³/mol. The first-order valence-electron chi connectivity index (χ1n) is 4.88. The first-order valence-corrected chi connectivity index (χ1v) is 4.88. The Morgan fingerprint density at radius 2 is 2.31 bits per heavy atom. The number of anilines is 1. The van der Waals surface area contributed by atoms with Gasteiger partial charge in [0.25, 0.3) is 0 Å². The molecule has 0 radical (unpaired) electrons. The summed E-state index contributed by atoms with van der Waals surface area (Å²) >= 11 is 0. The first kappa shape index (κ1) is 12.0. The van der Waals surface area contributed by atoms with Crippen LogP contribution in [-0.2, 0) is 6.42 Å². The summed E-state index contributed by atoms with van der Waals surface area (Å²) in [5.74, 6) is 0.568. The van der Waals surface area contributed by atoms with E-state index in [4.69, 9.17) is 4.42 Å². The van der Waals surface area contributed by atoms with Crippen molar-refractivity contribution in [1.29, 1.82) is 0 Å². The van der Waals surface area contributed by atoms with Crippen LogP contribution in [0.2, 0.25) is 0 Å². The summed E-state index contributed by atoms with van der Waals surface area (Å²) in [5.41, 5.74) is 0.505. The van der Waals surface area contributed by atoms with Crippen LogP contribution in [0.1, 0.15) is 22.8 Å². The van der Waals surface area contributed by atoms with Crippen LogP contribution < -0.4 is 16.3 Å². The van der Waals surface area contributed by atoms with Gasteiger partial charge in [0.1, 0.15) is 0 Å². The maximum atomic E-state index is 11.2. The molecule has 1 heterocycles. The maximum Gasteiger partial charge on any atom is 0.337 e. The van der Waals surface area contributed by atoms with E-state index in [0.29, 0.717) is 29.7 Å². The van der Waals surface area contributed by atoms with Crippen molar-refractivity contribution in [2.75, 3.05) is 12.4 Å². The van der Waals surface area contributed by atoms with Gasteiger partial charge in [0.15, 0.2) is 6.29 Å². The number of carbonyl (C=O) groups is 1. The lowest BCUT2D eigenvalue weighted by Crippen LogP contribution is -2.16. The third-order valence-corrected chi connectivity index (χ3v) is 2.15. The van der Waals surface area contributed by atoms with Gasteiger partial charge in [-0.15, -0.1) is 0 Å². The average molecular weight is 222 g/mol. The van der Waals surface area contributed by atoms with Gasteiger partial charge in [0, 0.05) is 13.1 Å². The quantitative estimate of drug-likeness (QED) is 0.730. The Bertz CT molecular complexity index is 463. The Morgan fingerprint density at radius 1 is 1.62 bits per heavy atom. The number of carbonyl (C=O) groups excluding carboxylic acids is 1. The standard InChI is InChI=1S/C11H14N2O3/c1-4-8-5-10(15)16-11(9(8)6-14)13-7(2)12-3/h5-6,12-13H,2,4H2,1,3H3. The van der Waals surface area contributed by atoms with E-state index in [2.05, 4.69) is 17.2 Å². The molecule has 0 bridgehead atoms. The van der Waals surface area contributed by atoms with Crippen LogP contribution in [0.4, 0.5) is 5.88 Å². The summed E-state index contributed by atoms with van der Waals surface area (Å²) in [6.07, 6.45) is 1.24. The Kier molecular flexibility index (Phi) is 3.88. The molecule has 0 saturated heterocycles. The van der Waals surface area contributed by atoms with E-state index >= 15 is 0 Å². The lowest BCUT2D eigenvalue weighted by molar-refractivity contribution is 0.112. The van der Waals surface area contributed by atoms with Crippen molar-refractivity contribution in [3.8, 4) is 0 Å². The molecule has 0 aliphatic rings. The van der Waals surface area contributed by atoms with Gasteiger partial charge in [-0.1, -0.05) is 13.5 Å². The molecule has 1 aromatic rings. The van der Waals surface area contributed by atoms with Crippen molar-refractivity contribution in [2.24, 2.45) is 0 Å². The van der Waals surface area contributed by atoms with E-state index in [0.717, 1.165) is 0 Å². The number of rotatable bonds is 5. The van der Waals surface area contributed by atoms with Gasteiger partial charge in [-0.2, -0.15) is 0 Å². The lowest BCUT2D eigenvalue weighted by Gasteiger charge is -2.10. The highest BCUT2D eigenvalue weighted by Crippen LogP contribution is 2.17. The zero-order chi connectivity index (χ0) is 12.1. The molecule has 5 nitrogen and oxygen atoms in total. The molecule has 0 atom stereocenters. The zero-order valence-electron chi connectivity index (χ0n) is 9.29. The fourth-order valence-electron chi connectivity index (χ4n) is 1.26. The van der Waals surface area contributed by atoms with E-state index in [9.17, 15) is 9.59 Å². The molecule has 0 aliphatic carbocycles. The van der Waals surface area contributed by atoms with Crippen LogP contribution >= 0.6 is 0 Å². The SMILES string of the molecule is C=C(NC)Nc1oc(=O)cc(CC)c1C=O. The van der Waals surface area contributed by atoms with Crippen LogP contribution in [0, 0.1) is 0 Å². The molecule has 86 valence electrons. The number of hydrogen-bond acceptors (Lipinski definition) is 5. The molecule has 0 fully saturated rings. The molecule has 5 heteroatoms. The number of hydrogen-bond donors (Lipinski definition) is 2. The monoisotopic (exact) mass is 222 g/mol. The Hall–Kier alpha value is -2.04. The van der Waals surface area contributed by atoms with Gasteiger partial charge < -0.3 is 15.1 Å². The van der Waals surface area contributed by atoms with Crippen LogP contribution in [-0.4, -0.2) is 13.3 Å². The fourth-order valence-corrected chi connectivity index (χ4v) is 1.26. The molecule has 1 rings (SSSR count). The molecule has 0 spiro atoms. The fraction of sp³-hybridized carbons (Fsp3) is 0.273. The van der Waals surface area contributed by atoms with Crippen molar-refractivity contribution in [3.63, 3.8) is 0 Å². The predicted octanol–water partition coefficient (Wildman–Crippen LogP) is 1.12. The van der Waals surface area contributed by atoms with Crippen LogP contribution in [0.15, 0.2) is 27.7 Å².